The number of phenols is 1. The summed E-state index contributed by atoms with van der Waals surface area (Å²) in [5.74, 6) is 0.515. The molecule has 1 fully saturated rings. The van der Waals surface area contributed by atoms with Gasteiger partial charge in [-0.3, -0.25) is 9.88 Å². The molecule has 2 heterocycles. The van der Waals surface area contributed by atoms with Crippen LogP contribution >= 0.6 is 11.6 Å². The quantitative estimate of drug-likeness (QED) is 0.807. The second-order valence-electron chi connectivity index (χ2n) is 7.45. The maximum atomic E-state index is 11.8. The van der Waals surface area contributed by atoms with Crippen molar-refractivity contribution in [3.05, 3.63) is 35.0 Å². The van der Waals surface area contributed by atoms with E-state index in [2.05, 4.69) is 15.2 Å². The zero-order valence-corrected chi connectivity index (χ0v) is 16.5. The molecule has 0 saturated carbocycles. The van der Waals surface area contributed by atoms with Gasteiger partial charge in [-0.2, -0.15) is 0 Å². The lowest BCUT2D eigenvalue weighted by Crippen LogP contribution is -2.44. The van der Waals surface area contributed by atoms with Crippen LogP contribution in [0, 0.1) is 5.92 Å². The summed E-state index contributed by atoms with van der Waals surface area (Å²) in [4.78, 5) is 18.3. The van der Waals surface area contributed by atoms with E-state index < -0.39 is 0 Å². The third-order valence-corrected chi connectivity index (χ3v) is 5.06. The highest BCUT2D eigenvalue weighted by atomic mass is 35.5. The topological polar surface area (TPSA) is 74.7 Å². The number of pyridine rings is 1. The molecule has 1 saturated heterocycles. The van der Waals surface area contributed by atoms with Gasteiger partial charge in [0.25, 0.3) is 0 Å². The van der Waals surface area contributed by atoms with Crippen LogP contribution in [0.25, 0.3) is 10.9 Å². The fraction of sp³-hybridized carbons (Fsp3) is 0.500. The number of ether oxygens (including phenoxy) is 1. The fourth-order valence-corrected chi connectivity index (χ4v) is 3.57. The lowest BCUT2D eigenvalue weighted by atomic mass is 10.0. The number of carbonyl (C=O) groups excluding carboxylic acids is 1. The van der Waals surface area contributed by atoms with E-state index in [-0.39, 0.29) is 17.9 Å². The molecule has 3 rings (SSSR count). The minimum atomic E-state index is -0.341. The van der Waals surface area contributed by atoms with Gasteiger partial charge < -0.3 is 15.2 Å². The van der Waals surface area contributed by atoms with E-state index >= 15 is 0 Å². The summed E-state index contributed by atoms with van der Waals surface area (Å²) in [5.41, 5.74) is 1.30. The molecule has 0 bridgehead atoms. The number of benzene rings is 1. The highest BCUT2D eigenvalue weighted by Gasteiger charge is 2.22. The van der Waals surface area contributed by atoms with Crippen molar-refractivity contribution in [1.82, 2.24) is 15.2 Å². The first-order valence-corrected chi connectivity index (χ1v) is 9.72. The van der Waals surface area contributed by atoms with Crippen molar-refractivity contribution < 1.29 is 14.6 Å². The van der Waals surface area contributed by atoms with Gasteiger partial charge in [0.15, 0.2) is 0 Å². The third kappa shape index (κ3) is 5.02. The summed E-state index contributed by atoms with van der Waals surface area (Å²) in [5, 5.41) is 14.8. The van der Waals surface area contributed by atoms with Gasteiger partial charge in [0.05, 0.1) is 11.6 Å². The molecule has 0 aliphatic carbocycles. The van der Waals surface area contributed by atoms with E-state index in [1.54, 1.807) is 12.3 Å². The maximum Gasteiger partial charge on any atom is 0.407 e. The predicted molar refractivity (Wildman–Crippen MR) is 106 cm³/mol. The number of likely N-dealkylation sites (tertiary alicyclic amines) is 1. The Labute approximate surface area is 164 Å². The summed E-state index contributed by atoms with van der Waals surface area (Å²) in [7, 11) is 0. The van der Waals surface area contributed by atoms with Gasteiger partial charge in [0.1, 0.15) is 11.3 Å². The van der Waals surface area contributed by atoms with Crippen LogP contribution in [0.3, 0.4) is 0 Å². The van der Waals surface area contributed by atoms with Crippen molar-refractivity contribution in [2.45, 2.75) is 39.3 Å². The molecule has 1 aromatic heterocycles. The van der Waals surface area contributed by atoms with E-state index in [4.69, 9.17) is 16.3 Å². The molecule has 27 heavy (non-hydrogen) atoms. The van der Waals surface area contributed by atoms with Crippen LogP contribution in [0.5, 0.6) is 5.75 Å². The van der Waals surface area contributed by atoms with Gasteiger partial charge >= 0.3 is 6.09 Å². The van der Waals surface area contributed by atoms with Crippen LogP contribution in [-0.4, -0.2) is 46.8 Å². The minimum Gasteiger partial charge on any atom is -0.505 e. The first-order valence-electron chi connectivity index (χ1n) is 9.34. The van der Waals surface area contributed by atoms with Gasteiger partial charge in [-0.25, -0.2) is 4.79 Å². The van der Waals surface area contributed by atoms with Crippen LogP contribution in [0.4, 0.5) is 4.79 Å². The summed E-state index contributed by atoms with van der Waals surface area (Å²) < 4.78 is 5.18. The summed E-state index contributed by atoms with van der Waals surface area (Å²) in [6.07, 6.45) is 3.00. The van der Waals surface area contributed by atoms with E-state index in [1.807, 2.05) is 26.0 Å². The molecule has 0 atom stereocenters. The Morgan fingerprint density at radius 3 is 2.89 bits per heavy atom. The van der Waals surface area contributed by atoms with Gasteiger partial charge in [0.2, 0.25) is 0 Å². The molecule has 7 heteroatoms. The number of carbonyl (C=O) groups is 1. The zero-order chi connectivity index (χ0) is 19.4. The standard InChI is InChI=1S/C20H26ClN3O3/c1-13(2)12-27-20(26)23-15-5-8-24(9-6-15)11-14-10-17(21)16-4-3-7-22-18(16)19(14)25/h3-4,7,10,13,15,25H,5-6,8-9,11-12H2,1-2H3,(H,23,26). The molecule has 1 aromatic carbocycles. The Bertz CT molecular complexity index is 804. The number of hydrogen-bond donors (Lipinski definition) is 2. The van der Waals surface area contributed by atoms with Crippen molar-refractivity contribution >= 4 is 28.6 Å². The highest BCUT2D eigenvalue weighted by Crippen LogP contribution is 2.33. The number of aromatic nitrogens is 1. The number of fused-ring (bicyclic) bond motifs is 1. The predicted octanol–water partition coefficient (Wildman–Crippen LogP) is 3.94. The molecule has 1 aliphatic heterocycles. The van der Waals surface area contributed by atoms with Crippen molar-refractivity contribution in [1.29, 1.82) is 0 Å². The Balaban J connectivity index is 1.56. The van der Waals surface area contributed by atoms with E-state index in [0.29, 0.717) is 29.6 Å². The molecular formula is C20H26ClN3O3. The number of piperidine rings is 1. The van der Waals surface area contributed by atoms with Crippen LogP contribution in [0.2, 0.25) is 5.02 Å². The summed E-state index contributed by atoms with van der Waals surface area (Å²) >= 11 is 6.35. The Hall–Kier alpha value is -2.05. The second-order valence-corrected chi connectivity index (χ2v) is 7.86. The fourth-order valence-electron chi connectivity index (χ4n) is 3.29. The molecule has 146 valence electrons. The first kappa shape index (κ1) is 19.7. The van der Waals surface area contributed by atoms with Crippen molar-refractivity contribution in [2.24, 2.45) is 5.92 Å². The van der Waals surface area contributed by atoms with Crippen molar-refractivity contribution in [2.75, 3.05) is 19.7 Å². The van der Waals surface area contributed by atoms with Crippen LogP contribution in [0.15, 0.2) is 24.4 Å². The third-order valence-electron chi connectivity index (χ3n) is 4.75. The molecule has 1 aliphatic rings. The number of rotatable bonds is 5. The number of alkyl carbamates (subject to hydrolysis) is 1. The number of amides is 1. The number of phenolic OH excluding ortho intramolecular Hbond substituents is 1. The normalized spacial score (nSPS) is 16.0. The van der Waals surface area contributed by atoms with Gasteiger partial charge in [-0.05, 0) is 37.0 Å². The van der Waals surface area contributed by atoms with E-state index in [9.17, 15) is 9.90 Å². The zero-order valence-electron chi connectivity index (χ0n) is 15.7. The average Bonchev–Trinajstić information content (AvgIpc) is 2.66. The Kier molecular flexibility index (Phi) is 6.39. The molecule has 2 aromatic rings. The maximum absolute atomic E-state index is 11.8. The first-order chi connectivity index (χ1) is 12.9. The second kappa shape index (κ2) is 8.76. The number of hydrogen-bond acceptors (Lipinski definition) is 5. The SMILES string of the molecule is CC(C)COC(=O)NC1CCN(Cc2cc(Cl)c3cccnc3c2O)CC1. The highest BCUT2D eigenvalue weighted by molar-refractivity contribution is 6.35. The average molecular weight is 392 g/mol. The molecule has 0 spiro atoms. The van der Waals surface area contributed by atoms with E-state index in [0.717, 1.165) is 36.9 Å². The lowest BCUT2D eigenvalue weighted by molar-refractivity contribution is 0.120. The lowest BCUT2D eigenvalue weighted by Gasteiger charge is -2.32. The van der Waals surface area contributed by atoms with Gasteiger partial charge in [-0.15, -0.1) is 0 Å². The largest absolute Gasteiger partial charge is 0.505 e. The molecule has 0 radical (unpaired) electrons. The summed E-state index contributed by atoms with van der Waals surface area (Å²) in [6.45, 7) is 6.70. The molecular weight excluding hydrogens is 366 g/mol. The number of nitrogens with one attached hydrogen (secondary N) is 1. The van der Waals surface area contributed by atoms with E-state index in [1.165, 1.54) is 0 Å². The Morgan fingerprint density at radius 2 is 2.19 bits per heavy atom. The number of aromatic hydroxyl groups is 1. The number of nitrogens with zero attached hydrogens (tertiary/aromatic N) is 2. The van der Waals surface area contributed by atoms with Crippen LogP contribution in [0.1, 0.15) is 32.3 Å². The molecule has 1 amide bonds. The van der Waals surface area contributed by atoms with Crippen molar-refractivity contribution in [3.63, 3.8) is 0 Å². The molecule has 2 N–H and O–H groups in total. The Morgan fingerprint density at radius 1 is 1.44 bits per heavy atom. The number of halogens is 1. The van der Waals surface area contributed by atoms with Crippen molar-refractivity contribution in [3.8, 4) is 5.75 Å². The van der Waals surface area contributed by atoms with Gasteiger partial charge in [0, 0.05) is 42.8 Å². The van der Waals surface area contributed by atoms with Crippen LogP contribution < -0.4 is 5.32 Å². The summed E-state index contributed by atoms with van der Waals surface area (Å²) in [6, 6.07) is 5.59. The molecule has 0 unspecified atom stereocenters. The minimum absolute atomic E-state index is 0.122. The van der Waals surface area contributed by atoms with Gasteiger partial charge in [-0.1, -0.05) is 25.4 Å². The smallest absolute Gasteiger partial charge is 0.407 e. The van der Waals surface area contributed by atoms with Crippen LogP contribution in [-0.2, 0) is 11.3 Å². The monoisotopic (exact) mass is 391 g/mol. The molecule has 6 nitrogen and oxygen atoms in total.